The highest BCUT2D eigenvalue weighted by molar-refractivity contribution is 5.17. The van der Waals surface area contributed by atoms with Crippen molar-refractivity contribution < 1.29 is 4.74 Å². The third-order valence-corrected chi connectivity index (χ3v) is 5.84. The molecule has 0 unspecified atom stereocenters. The normalized spacial score (nSPS) is 25.4. The summed E-state index contributed by atoms with van der Waals surface area (Å²) in [6.45, 7) is 5.30. The molecule has 2 aromatic heterocycles. The first-order valence-electron chi connectivity index (χ1n) is 9.66. The molecule has 26 heavy (non-hydrogen) atoms. The van der Waals surface area contributed by atoms with Gasteiger partial charge in [0.05, 0.1) is 12.8 Å². The summed E-state index contributed by atoms with van der Waals surface area (Å²) in [5.41, 5.74) is 1.20. The molecule has 2 atom stereocenters. The fraction of sp³-hybridized carbons (Fsp3) is 0.524. The van der Waals surface area contributed by atoms with Crippen LogP contribution in [0.1, 0.15) is 24.5 Å². The van der Waals surface area contributed by atoms with Gasteiger partial charge in [-0.05, 0) is 57.2 Å². The van der Waals surface area contributed by atoms with Gasteiger partial charge in [-0.3, -0.25) is 14.9 Å². The molecule has 0 radical (unpaired) electrons. The highest BCUT2D eigenvalue weighted by Gasteiger charge is 2.38. The van der Waals surface area contributed by atoms with Crippen LogP contribution in [-0.4, -0.2) is 65.6 Å². The Balaban J connectivity index is 1.46. The van der Waals surface area contributed by atoms with E-state index in [1.807, 2.05) is 24.4 Å². The first kappa shape index (κ1) is 17.4. The summed E-state index contributed by atoms with van der Waals surface area (Å²) < 4.78 is 6.07. The molecule has 0 aliphatic carbocycles. The molecular formula is C21H28N4O. The lowest BCUT2D eigenvalue weighted by molar-refractivity contribution is 0.135. The summed E-state index contributed by atoms with van der Waals surface area (Å²) in [4.78, 5) is 13.9. The molecule has 5 nitrogen and oxygen atoms in total. The number of hydrogen-bond acceptors (Lipinski definition) is 5. The molecule has 0 bridgehead atoms. The van der Waals surface area contributed by atoms with Crippen LogP contribution in [0.2, 0.25) is 0 Å². The Bertz CT molecular complexity index is 673. The second-order valence-corrected chi connectivity index (χ2v) is 7.61. The molecule has 0 amide bonds. The maximum atomic E-state index is 6.07. The van der Waals surface area contributed by atoms with E-state index in [-0.39, 0.29) is 0 Å². The number of pyridine rings is 2. The van der Waals surface area contributed by atoms with Crippen molar-refractivity contribution in [3.63, 3.8) is 0 Å². The smallest absolute Gasteiger partial charge is 0.137 e. The van der Waals surface area contributed by atoms with E-state index < -0.39 is 0 Å². The maximum absolute atomic E-state index is 6.07. The van der Waals surface area contributed by atoms with Crippen LogP contribution < -0.4 is 4.74 Å². The zero-order valence-electron chi connectivity index (χ0n) is 15.5. The lowest BCUT2D eigenvalue weighted by Gasteiger charge is -2.35. The van der Waals surface area contributed by atoms with E-state index in [4.69, 9.17) is 4.74 Å². The topological polar surface area (TPSA) is 41.5 Å². The summed E-state index contributed by atoms with van der Waals surface area (Å²) in [5.74, 6) is 1.75. The second kappa shape index (κ2) is 8.14. The Hall–Kier alpha value is -1.98. The minimum absolute atomic E-state index is 0.438. The minimum atomic E-state index is 0.438. The van der Waals surface area contributed by atoms with E-state index in [2.05, 4.69) is 38.9 Å². The van der Waals surface area contributed by atoms with Crippen LogP contribution in [0.15, 0.2) is 48.9 Å². The van der Waals surface area contributed by atoms with E-state index in [0.717, 1.165) is 25.4 Å². The molecule has 0 saturated carbocycles. The largest absolute Gasteiger partial charge is 0.492 e. The zero-order chi connectivity index (χ0) is 17.8. The molecule has 2 aliphatic rings. The Labute approximate surface area is 156 Å². The number of nitrogens with zero attached hydrogens (tertiary/aromatic N) is 4. The van der Waals surface area contributed by atoms with Crippen molar-refractivity contribution in [2.24, 2.45) is 5.92 Å². The van der Waals surface area contributed by atoms with Gasteiger partial charge in [0, 0.05) is 49.1 Å². The van der Waals surface area contributed by atoms with Gasteiger partial charge in [0.15, 0.2) is 0 Å². The van der Waals surface area contributed by atoms with Crippen LogP contribution in [0.4, 0.5) is 0 Å². The van der Waals surface area contributed by atoms with E-state index in [9.17, 15) is 0 Å². The lowest BCUT2D eigenvalue weighted by atomic mass is 9.93. The summed E-state index contributed by atoms with van der Waals surface area (Å²) in [5, 5.41) is 0. The van der Waals surface area contributed by atoms with Gasteiger partial charge in [0.2, 0.25) is 0 Å². The molecule has 138 valence electrons. The first-order valence-corrected chi connectivity index (χ1v) is 9.66. The van der Waals surface area contributed by atoms with Crippen molar-refractivity contribution in [1.82, 2.24) is 19.8 Å². The second-order valence-electron chi connectivity index (χ2n) is 7.61. The summed E-state index contributed by atoms with van der Waals surface area (Å²) >= 11 is 0. The number of ether oxygens (including phenoxy) is 1. The molecule has 4 heterocycles. The number of likely N-dealkylation sites (tertiary alicyclic amines) is 2. The highest BCUT2D eigenvalue weighted by atomic mass is 16.5. The minimum Gasteiger partial charge on any atom is -0.492 e. The standard InChI is InChI=1S/C21H28N4O/c1-24-11-7-18(8-12-24)25-14-17(16-26-19-5-4-9-22-13-19)20(15-25)21-6-2-3-10-23-21/h2-6,9-10,13,17-18,20H,7-8,11-12,14-16H2,1H3/t17-,20+/m0/s1. The molecule has 0 N–H and O–H groups in total. The Kier molecular flexibility index (Phi) is 5.46. The maximum Gasteiger partial charge on any atom is 0.137 e. The van der Waals surface area contributed by atoms with Gasteiger partial charge in [0.1, 0.15) is 5.75 Å². The Morgan fingerprint density at radius 3 is 2.69 bits per heavy atom. The van der Waals surface area contributed by atoms with Gasteiger partial charge >= 0.3 is 0 Å². The highest BCUT2D eigenvalue weighted by Crippen LogP contribution is 2.35. The average Bonchev–Trinajstić information content (AvgIpc) is 3.13. The fourth-order valence-electron chi connectivity index (χ4n) is 4.30. The number of aromatic nitrogens is 2. The summed E-state index contributed by atoms with van der Waals surface area (Å²) in [7, 11) is 2.22. The molecule has 2 aliphatic heterocycles. The fourth-order valence-corrected chi connectivity index (χ4v) is 4.30. The molecule has 2 fully saturated rings. The van der Waals surface area contributed by atoms with Crippen LogP contribution in [-0.2, 0) is 0 Å². The Morgan fingerprint density at radius 1 is 1.08 bits per heavy atom. The third-order valence-electron chi connectivity index (χ3n) is 5.84. The van der Waals surface area contributed by atoms with E-state index in [1.54, 1.807) is 12.4 Å². The molecule has 0 aromatic carbocycles. The molecule has 4 rings (SSSR count). The van der Waals surface area contributed by atoms with E-state index >= 15 is 0 Å². The number of rotatable bonds is 5. The molecule has 2 aromatic rings. The van der Waals surface area contributed by atoms with Gasteiger partial charge in [-0.15, -0.1) is 0 Å². The van der Waals surface area contributed by atoms with Gasteiger partial charge in [-0.2, -0.15) is 0 Å². The molecular weight excluding hydrogens is 324 g/mol. The van der Waals surface area contributed by atoms with Crippen LogP contribution in [0, 0.1) is 5.92 Å². The zero-order valence-corrected chi connectivity index (χ0v) is 15.5. The third kappa shape index (κ3) is 4.05. The predicted molar refractivity (Wildman–Crippen MR) is 102 cm³/mol. The molecule has 2 saturated heterocycles. The average molecular weight is 352 g/mol. The van der Waals surface area contributed by atoms with Crippen molar-refractivity contribution in [2.75, 3.05) is 39.8 Å². The summed E-state index contributed by atoms with van der Waals surface area (Å²) in [6, 6.07) is 10.9. The predicted octanol–water partition coefficient (Wildman–Crippen LogP) is 2.67. The van der Waals surface area contributed by atoms with Crippen molar-refractivity contribution >= 4 is 0 Å². The monoisotopic (exact) mass is 352 g/mol. The number of piperidine rings is 1. The lowest BCUT2D eigenvalue weighted by Crippen LogP contribution is -2.42. The van der Waals surface area contributed by atoms with Gasteiger partial charge < -0.3 is 9.64 Å². The summed E-state index contributed by atoms with van der Waals surface area (Å²) in [6.07, 6.45) is 8.01. The molecule has 0 spiro atoms. The van der Waals surface area contributed by atoms with Gasteiger partial charge in [0.25, 0.3) is 0 Å². The quantitative estimate of drug-likeness (QED) is 0.827. The van der Waals surface area contributed by atoms with Gasteiger partial charge in [-0.25, -0.2) is 0 Å². The number of hydrogen-bond donors (Lipinski definition) is 0. The Morgan fingerprint density at radius 2 is 1.96 bits per heavy atom. The van der Waals surface area contributed by atoms with Crippen LogP contribution in [0.25, 0.3) is 0 Å². The van der Waals surface area contributed by atoms with Crippen LogP contribution in [0.3, 0.4) is 0 Å². The van der Waals surface area contributed by atoms with Crippen molar-refractivity contribution in [2.45, 2.75) is 24.8 Å². The van der Waals surface area contributed by atoms with Crippen molar-refractivity contribution in [3.05, 3.63) is 54.6 Å². The van der Waals surface area contributed by atoms with Gasteiger partial charge in [-0.1, -0.05) is 6.07 Å². The van der Waals surface area contributed by atoms with Crippen molar-refractivity contribution in [3.8, 4) is 5.75 Å². The van der Waals surface area contributed by atoms with Crippen molar-refractivity contribution in [1.29, 1.82) is 0 Å². The SMILES string of the molecule is CN1CCC(N2C[C@@H](COc3cccnc3)[C@H](c3ccccn3)C2)CC1. The van der Waals surface area contributed by atoms with E-state index in [1.165, 1.54) is 31.6 Å². The van der Waals surface area contributed by atoms with Crippen LogP contribution in [0.5, 0.6) is 5.75 Å². The van der Waals surface area contributed by atoms with Crippen LogP contribution >= 0.6 is 0 Å². The molecule has 5 heteroatoms. The first-order chi connectivity index (χ1) is 12.8. The van der Waals surface area contributed by atoms with E-state index in [0.29, 0.717) is 17.9 Å².